The lowest BCUT2D eigenvalue weighted by molar-refractivity contribution is 0.394. The Kier molecular flexibility index (Phi) is 3.04. The minimum Gasteiger partial charge on any atom is -0.464 e. The van der Waals surface area contributed by atoms with E-state index in [4.69, 9.17) is 4.42 Å². The molecule has 3 rings (SSSR count). The van der Waals surface area contributed by atoms with Crippen LogP contribution in [0.3, 0.4) is 0 Å². The number of halogens is 2. The summed E-state index contributed by atoms with van der Waals surface area (Å²) in [7, 11) is 0. The highest BCUT2D eigenvalue weighted by Crippen LogP contribution is 2.27. The van der Waals surface area contributed by atoms with Gasteiger partial charge in [-0.3, -0.25) is 0 Å². The maximum atomic E-state index is 13.9. The topological polar surface area (TPSA) is 25.2 Å². The van der Waals surface area contributed by atoms with E-state index in [1.807, 2.05) is 0 Å². The molecular weight excluding hydrogens is 236 g/mol. The van der Waals surface area contributed by atoms with E-state index in [1.54, 1.807) is 6.07 Å². The zero-order valence-electron chi connectivity index (χ0n) is 10.0. The van der Waals surface area contributed by atoms with E-state index >= 15 is 0 Å². The summed E-state index contributed by atoms with van der Waals surface area (Å²) in [5.74, 6) is -1.07. The normalized spacial score (nSPS) is 20.4. The van der Waals surface area contributed by atoms with Gasteiger partial charge in [-0.25, -0.2) is 8.78 Å². The van der Waals surface area contributed by atoms with Crippen molar-refractivity contribution in [2.24, 2.45) is 0 Å². The fourth-order valence-corrected chi connectivity index (χ4v) is 2.65. The molecular formula is C14H15F2NO. The van der Waals surface area contributed by atoms with Crippen LogP contribution < -0.4 is 5.32 Å². The molecule has 0 saturated carbocycles. The molecule has 1 atom stereocenters. The lowest BCUT2D eigenvalue weighted by atomic mass is 9.96. The molecule has 1 saturated heterocycles. The van der Waals surface area contributed by atoms with Crippen LogP contribution in [-0.2, 0) is 6.42 Å². The first-order chi connectivity index (χ1) is 8.75. The summed E-state index contributed by atoms with van der Waals surface area (Å²) >= 11 is 0. The van der Waals surface area contributed by atoms with Crippen molar-refractivity contribution < 1.29 is 13.2 Å². The van der Waals surface area contributed by atoms with Crippen molar-refractivity contribution in [3.63, 3.8) is 0 Å². The van der Waals surface area contributed by atoms with Crippen LogP contribution in [0.1, 0.15) is 24.8 Å². The van der Waals surface area contributed by atoms with Gasteiger partial charge in [0.25, 0.3) is 0 Å². The highest BCUT2D eigenvalue weighted by Gasteiger charge is 2.20. The van der Waals surface area contributed by atoms with Gasteiger partial charge in [-0.05, 0) is 31.9 Å². The number of benzene rings is 1. The second-order valence-electron chi connectivity index (χ2n) is 4.83. The van der Waals surface area contributed by atoms with Crippen LogP contribution in [0.2, 0.25) is 0 Å². The molecule has 0 spiro atoms. The Balaban J connectivity index is 1.97. The SMILES string of the molecule is Fc1cc(F)c2ccoc2c1CC1CCCCN1. The minimum absolute atomic E-state index is 0.256. The first-order valence-corrected chi connectivity index (χ1v) is 6.33. The monoisotopic (exact) mass is 251 g/mol. The van der Waals surface area contributed by atoms with Crippen molar-refractivity contribution in [3.05, 3.63) is 35.6 Å². The Morgan fingerprint density at radius 2 is 2.17 bits per heavy atom. The van der Waals surface area contributed by atoms with Gasteiger partial charge in [-0.2, -0.15) is 0 Å². The lowest BCUT2D eigenvalue weighted by Crippen LogP contribution is -2.35. The molecule has 1 aromatic heterocycles. The van der Waals surface area contributed by atoms with Crippen LogP contribution in [0.5, 0.6) is 0 Å². The highest BCUT2D eigenvalue weighted by molar-refractivity contribution is 5.81. The Morgan fingerprint density at radius 1 is 1.28 bits per heavy atom. The molecule has 2 heterocycles. The van der Waals surface area contributed by atoms with Crippen molar-refractivity contribution in [1.82, 2.24) is 5.32 Å². The summed E-state index contributed by atoms with van der Waals surface area (Å²) < 4.78 is 32.7. The quantitative estimate of drug-likeness (QED) is 0.885. The van der Waals surface area contributed by atoms with E-state index in [0.29, 0.717) is 23.0 Å². The van der Waals surface area contributed by atoms with Crippen molar-refractivity contribution in [2.45, 2.75) is 31.7 Å². The second-order valence-corrected chi connectivity index (χ2v) is 4.83. The predicted octanol–water partition coefficient (Wildman–Crippen LogP) is 3.40. The zero-order chi connectivity index (χ0) is 12.5. The maximum absolute atomic E-state index is 13.9. The highest BCUT2D eigenvalue weighted by atomic mass is 19.1. The third-order valence-electron chi connectivity index (χ3n) is 3.60. The van der Waals surface area contributed by atoms with E-state index in [2.05, 4.69) is 5.32 Å². The molecule has 0 bridgehead atoms. The molecule has 2 aromatic rings. The molecule has 1 fully saturated rings. The maximum Gasteiger partial charge on any atom is 0.142 e. The van der Waals surface area contributed by atoms with Gasteiger partial charge in [0.05, 0.1) is 11.6 Å². The van der Waals surface area contributed by atoms with Gasteiger partial charge >= 0.3 is 0 Å². The third-order valence-corrected chi connectivity index (χ3v) is 3.60. The smallest absolute Gasteiger partial charge is 0.142 e. The summed E-state index contributed by atoms with van der Waals surface area (Å²) in [5, 5.41) is 3.73. The van der Waals surface area contributed by atoms with Gasteiger partial charge in [0, 0.05) is 17.7 Å². The first kappa shape index (κ1) is 11.7. The van der Waals surface area contributed by atoms with Crippen molar-refractivity contribution >= 4 is 11.0 Å². The fourth-order valence-electron chi connectivity index (χ4n) is 2.65. The average molecular weight is 251 g/mol. The predicted molar refractivity (Wildman–Crippen MR) is 65.5 cm³/mol. The fraction of sp³-hybridized carbons (Fsp3) is 0.429. The molecule has 1 unspecified atom stereocenters. The van der Waals surface area contributed by atoms with Gasteiger partial charge < -0.3 is 9.73 Å². The lowest BCUT2D eigenvalue weighted by Gasteiger charge is -2.23. The van der Waals surface area contributed by atoms with Crippen LogP contribution in [0.25, 0.3) is 11.0 Å². The Labute approximate surface area is 104 Å². The van der Waals surface area contributed by atoms with Crippen LogP contribution in [-0.4, -0.2) is 12.6 Å². The molecule has 0 amide bonds. The van der Waals surface area contributed by atoms with Crippen LogP contribution in [0.15, 0.2) is 22.8 Å². The van der Waals surface area contributed by atoms with Crippen molar-refractivity contribution in [2.75, 3.05) is 6.54 Å². The Bertz CT molecular complexity index is 558. The van der Waals surface area contributed by atoms with Gasteiger partial charge in [0.1, 0.15) is 17.2 Å². The van der Waals surface area contributed by atoms with E-state index < -0.39 is 11.6 Å². The van der Waals surface area contributed by atoms with Gasteiger partial charge in [-0.15, -0.1) is 0 Å². The number of furan rings is 1. The zero-order valence-corrected chi connectivity index (χ0v) is 10.0. The van der Waals surface area contributed by atoms with Crippen molar-refractivity contribution in [1.29, 1.82) is 0 Å². The van der Waals surface area contributed by atoms with Crippen molar-refractivity contribution in [3.8, 4) is 0 Å². The van der Waals surface area contributed by atoms with Gasteiger partial charge in [0.15, 0.2) is 0 Å². The van der Waals surface area contributed by atoms with Gasteiger partial charge in [-0.1, -0.05) is 6.42 Å². The number of piperidine rings is 1. The molecule has 0 aliphatic carbocycles. The molecule has 18 heavy (non-hydrogen) atoms. The van der Waals surface area contributed by atoms with Crippen LogP contribution in [0.4, 0.5) is 8.78 Å². The van der Waals surface area contributed by atoms with Gasteiger partial charge in [0.2, 0.25) is 0 Å². The number of hydrogen-bond acceptors (Lipinski definition) is 2. The third kappa shape index (κ3) is 2.01. The van der Waals surface area contributed by atoms with E-state index in [-0.39, 0.29) is 6.04 Å². The summed E-state index contributed by atoms with van der Waals surface area (Å²) in [6.07, 6.45) is 5.31. The summed E-state index contributed by atoms with van der Waals surface area (Å²) in [5.41, 5.74) is 0.829. The standard InChI is InChI=1S/C14H15F2NO/c15-12-8-13(16)11(14-10(12)4-6-18-14)7-9-3-1-2-5-17-9/h4,6,8-9,17H,1-3,5,7H2. The number of rotatable bonds is 2. The van der Waals surface area contributed by atoms with E-state index in [9.17, 15) is 8.78 Å². The molecule has 96 valence electrons. The van der Waals surface area contributed by atoms with E-state index in [0.717, 1.165) is 25.5 Å². The first-order valence-electron chi connectivity index (χ1n) is 6.33. The minimum atomic E-state index is -0.559. The molecule has 1 N–H and O–H groups in total. The Hall–Kier alpha value is -1.42. The summed E-state index contributed by atoms with van der Waals surface area (Å²) in [6.45, 7) is 0.967. The largest absolute Gasteiger partial charge is 0.464 e. The van der Waals surface area contributed by atoms with Crippen LogP contribution >= 0.6 is 0 Å². The Morgan fingerprint density at radius 3 is 2.94 bits per heavy atom. The molecule has 4 heteroatoms. The molecule has 0 radical (unpaired) electrons. The second kappa shape index (κ2) is 4.69. The number of fused-ring (bicyclic) bond motifs is 1. The number of nitrogens with one attached hydrogen (secondary N) is 1. The summed E-state index contributed by atoms with van der Waals surface area (Å²) in [6, 6.07) is 2.75. The molecule has 1 aliphatic rings. The summed E-state index contributed by atoms with van der Waals surface area (Å²) in [4.78, 5) is 0. The average Bonchev–Trinajstić information content (AvgIpc) is 2.85. The molecule has 2 nitrogen and oxygen atoms in total. The van der Waals surface area contributed by atoms with E-state index in [1.165, 1.54) is 12.7 Å². The molecule has 1 aliphatic heterocycles. The molecule has 1 aromatic carbocycles. The number of hydrogen-bond donors (Lipinski definition) is 1. The van der Waals surface area contributed by atoms with Crippen LogP contribution in [0, 0.1) is 11.6 Å².